The Labute approximate surface area is 158 Å². The molecule has 2 aromatic carbocycles. The fraction of sp³-hybridized carbons (Fsp3) is 0.143. The lowest BCUT2D eigenvalue weighted by Crippen LogP contribution is -2.11. The maximum absolute atomic E-state index is 3.57. The smallest absolute Gasteiger partial charge is 0.0486 e. The normalized spacial score (nSPS) is 10.7. The summed E-state index contributed by atoms with van der Waals surface area (Å²) in [4.78, 5) is 1.38. The third-order valence-corrected chi connectivity index (χ3v) is 5.14. The van der Waals surface area contributed by atoms with Gasteiger partial charge in [0.25, 0.3) is 0 Å². The number of halogens is 1. The molecule has 4 heteroatoms. The monoisotopic (exact) mass is 368 g/mol. The number of hydrogen-bond acceptors (Lipinski definition) is 2. The Balaban J connectivity index is 0.00000182. The minimum atomic E-state index is 0. The predicted molar refractivity (Wildman–Crippen MR) is 110 cm³/mol. The molecule has 1 N–H and O–H groups in total. The minimum absolute atomic E-state index is 0. The first-order chi connectivity index (χ1) is 11.9. The van der Waals surface area contributed by atoms with E-state index in [0.717, 1.165) is 19.6 Å². The molecule has 0 spiro atoms. The van der Waals surface area contributed by atoms with Crippen molar-refractivity contribution in [2.45, 2.75) is 19.6 Å². The molecule has 0 unspecified atom stereocenters. The zero-order valence-electron chi connectivity index (χ0n) is 13.9. The van der Waals surface area contributed by atoms with Gasteiger partial charge in [-0.25, -0.2) is 0 Å². The quantitative estimate of drug-likeness (QED) is 0.478. The number of fused-ring (bicyclic) bond motifs is 1. The van der Waals surface area contributed by atoms with E-state index in [1.807, 2.05) is 0 Å². The van der Waals surface area contributed by atoms with Crippen LogP contribution in [0.25, 0.3) is 10.9 Å². The molecule has 0 bridgehead atoms. The van der Waals surface area contributed by atoms with Crippen LogP contribution in [0.1, 0.15) is 16.0 Å². The summed E-state index contributed by atoms with van der Waals surface area (Å²) in [5.74, 6) is 0. The zero-order valence-corrected chi connectivity index (χ0v) is 15.5. The maximum Gasteiger partial charge on any atom is 0.0486 e. The van der Waals surface area contributed by atoms with Gasteiger partial charge in [-0.05, 0) is 28.6 Å². The molecule has 0 amide bonds. The van der Waals surface area contributed by atoms with Crippen LogP contribution in [-0.2, 0) is 19.6 Å². The number of para-hydroxylation sites is 1. The van der Waals surface area contributed by atoms with Crippen LogP contribution in [-0.4, -0.2) is 4.57 Å². The van der Waals surface area contributed by atoms with Gasteiger partial charge in [-0.2, -0.15) is 0 Å². The van der Waals surface area contributed by atoms with Gasteiger partial charge in [0, 0.05) is 41.6 Å². The Kier molecular flexibility index (Phi) is 5.92. The van der Waals surface area contributed by atoms with Crippen molar-refractivity contribution in [2.24, 2.45) is 0 Å². The van der Waals surface area contributed by atoms with E-state index in [-0.39, 0.29) is 12.4 Å². The standard InChI is InChI=1S/C21H20N2S.ClH/c1-2-7-17(8-3-1)15-23-16-18(20-10-4-5-11-21(20)23)13-22-14-19-9-6-12-24-19;/h1-12,16,22H,13-15H2;1H. The Morgan fingerprint density at radius 3 is 2.44 bits per heavy atom. The second-order valence-electron chi connectivity index (χ2n) is 5.97. The third-order valence-electron chi connectivity index (χ3n) is 4.26. The number of aromatic nitrogens is 1. The van der Waals surface area contributed by atoms with Crippen molar-refractivity contribution < 1.29 is 0 Å². The highest BCUT2D eigenvalue weighted by Crippen LogP contribution is 2.22. The van der Waals surface area contributed by atoms with Crippen LogP contribution in [0.4, 0.5) is 0 Å². The Morgan fingerprint density at radius 2 is 1.64 bits per heavy atom. The molecule has 0 saturated heterocycles. The molecule has 0 saturated carbocycles. The maximum atomic E-state index is 3.57. The molecule has 0 radical (unpaired) electrons. The van der Waals surface area contributed by atoms with E-state index < -0.39 is 0 Å². The van der Waals surface area contributed by atoms with Gasteiger partial charge in [0.15, 0.2) is 0 Å². The zero-order chi connectivity index (χ0) is 16.2. The van der Waals surface area contributed by atoms with Crippen molar-refractivity contribution in [1.82, 2.24) is 9.88 Å². The first-order valence-electron chi connectivity index (χ1n) is 8.24. The summed E-state index contributed by atoms with van der Waals surface area (Å²) in [6.07, 6.45) is 2.29. The lowest BCUT2D eigenvalue weighted by molar-refractivity contribution is 0.700. The number of benzene rings is 2. The average molecular weight is 369 g/mol. The minimum Gasteiger partial charge on any atom is -0.343 e. The first-order valence-corrected chi connectivity index (χ1v) is 9.12. The second-order valence-corrected chi connectivity index (χ2v) is 7.00. The lowest BCUT2D eigenvalue weighted by atomic mass is 10.2. The first kappa shape index (κ1) is 17.7. The third kappa shape index (κ3) is 4.13. The highest BCUT2D eigenvalue weighted by Gasteiger charge is 2.08. The molecule has 2 nitrogen and oxygen atoms in total. The average Bonchev–Trinajstić information content (AvgIpc) is 3.25. The molecule has 25 heavy (non-hydrogen) atoms. The van der Waals surface area contributed by atoms with Crippen LogP contribution in [0.15, 0.2) is 78.3 Å². The molecular weight excluding hydrogens is 348 g/mol. The van der Waals surface area contributed by atoms with E-state index in [9.17, 15) is 0 Å². The topological polar surface area (TPSA) is 17.0 Å². The van der Waals surface area contributed by atoms with Gasteiger partial charge in [0.2, 0.25) is 0 Å². The lowest BCUT2D eigenvalue weighted by Gasteiger charge is -2.05. The molecule has 2 aromatic heterocycles. The van der Waals surface area contributed by atoms with Crippen LogP contribution in [0, 0.1) is 0 Å². The van der Waals surface area contributed by atoms with Gasteiger partial charge < -0.3 is 9.88 Å². The summed E-state index contributed by atoms with van der Waals surface area (Å²) < 4.78 is 2.35. The molecule has 0 aliphatic heterocycles. The van der Waals surface area contributed by atoms with Gasteiger partial charge in [-0.15, -0.1) is 23.7 Å². The van der Waals surface area contributed by atoms with Gasteiger partial charge in [0.05, 0.1) is 0 Å². The van der Waals surface area contributed by atoms with Crippen molar-refractivity contribution in [3.63, 3.8) is 0 Å². The van der Waals surface area contributed by atoms with E-state index in [2.05, 4.69) is 88.2 Å². The molecule has 0 aliphatic rings. The summed E-state index contributed by atoms with van der Waals surface area (Å²) in [6.45, 7) is 2.72. The van der Waals surface area contributed by atoms with Crippen molar-refractivity contribution in [2.75, 3.05) is 0 Å². The Hall–Kier alpha value is -2.07. The Morgan fingerprint density at radius 1 is 0.840 bits per heavy atom. The summed E-state index contributed by atoms with van der Waals surface area (Å²) in [6, 6.07) is 23.6. The molecule has 0 aliphatic carbocycles. The van der Waals surface area contributed by atoms with E-state index in [4.69, 9.17) is 0 Å². The number of nitrogens with zero attached hydrogens (tertiary/aromatic N) is 1. The van der Waals surface area contributed by atoms with Crippen molar-refractivity contribution in [3.05, 3.63) is 94.3 Å². The highest BCUT2D eigenvalue weighted by atomic mass is 35.5. The summed E-state index contributed by atoms with van der Waals surface area (Å²) in [5.41, 5.74) is 3.99. The number of nitrogens with one attached hydrogen (secondary N) is 1. The van der Waals surface area contributed by atoms with Gasteiger partial charge in [-0.3, -0.25) is 0 Å². The number of rotatable bonds is 6. The van der Waals surface area contributed by atoms with Crippen molar-refractivity contribution in [1.29, 1.82) is 0 Å². The molecule has 4 rings (SSSR count). The SMILES string of the molecule is Cl.c1ccc(Cn2cc(CNCc3cccs3)c3ccccc32)cc1. The summed E-state index contributed by atoms with van der Waals surface area (Å²) >= 11 is 1.80. The van der Waals surface area contributed by atoms with E-state index in [1.54, 1.807) is 11.3 Å². The van der Waals surface area contributed by atoms with E-state index in [1.165, 1.54) is 26.9 Å². The van der Waals surface area contributed by atoms with Crippen molar-refractivity contribution >= 4 is 34.6 Å². The molecule has 128 valence electrons. The molecule has 2 heterocycles. The van der Waals surface area contributed by atoms with Crippen molar-refractivity contribution in [3.8, 4) is 0 Å². The van der Waals surface area contributed by atoms with Crippen LogP contribution in [0.2, 0.25) is 0 Å². The number of hydrogen-bond donors (Lipinski definition) is 1. The molecule has 4 aromatic rings. The summed E-state index contributed by atoms with van der Waals surface area (Å²) in [5, 5.41) is 7.04. The van der Waals surface area contributed by atoms with E-state index in [0.29, 0.717) is 0 Å². The molecule has 0 atom stereocenters. The van der Waals surface area contributed by atoms with Gasteiger partial charge in [0.1, 0.15) is 0 Å². The van der Waals surface area contributed by atoms with Crippen LogP contribution in [0.5, 0.6) is 0 Å². The fourth-order valence-electron chi connectivity index (χ4n) is 3.11. The number of thiophene rings is 1. The van der Waals surface area contributed by atoms with Gasteiger partial charge >= 0.3 is 0 Å². The second kappa shape index (κ2) is 8.34. The van der Waals surface area contributed by atoms with Crippen LogP contribution < -0.4 is 5.32 Å². The highest BCUT2D eigenvalue weighted by molar-refractivity contribution is 7.09. The summed E-state index contributed by atoms with van der Waals surface area (Å²) in [7, 11) is 0. The van der Waals surface area contributed by atoms with Crippen LogP contribution >= 0.6 is 23.7 Å². The van der Waals surface area contributed by atoms with E-state index >= 15 is 0 Å². The van der Waals surface area contributed by atoms with Gasteiger partial charge in [-0.1, -0.05) is 54.6 Å². The fourth-order valence-corrected chi connectivity index (χ4v) is 3.78. The van der Waals surface area contributed by atoms with Crippen LogP contribution in [0.3, 0.4) is 0 Å². The predicted octanol–water partition coefficient (Wildman–Crippen LogP) is 5.46. The molecule has 0 fully saturated rings. The largest absolute Gasteiger partial charge is 0.343 e. The Bertz CT molecular complexity index is 914. The molecular formula is C21H21ClN2S.